The summed E-state index contributed by atoms with van der Waals surface area (Å²) in [5, 5.41) is 0. The Morgan fingerprint density at radius 2 is 1.70 bits per heavy atom. The van der Waals surface area contributed by atoms with E-state index in [2.05, 4.69) is 6.92 Å². The normalized spacial score (nSPS) is 20.3. The zero-order chi connectivity index (χ0) is 21.3. The summed E-state index contributed by atoms with van der Waals surface area (Å²) in [6.07, 6.45) is 6.58. The average Bonchev–Trinajstić information content (AvgIpc) is 2.76. The Labute approximate surface area is 174 Å². The second kappa shape index (κ2) is 8.86. The lowest BCUT2D eigenvalue weighted by Gasteiger charge is -2.30. The van der Waals surface area contributed by atoms with Crippen LogP contribution in [0.1, 0.15) is 68.1 Å². The van der Waals surface area contributed by atoms with Gasteiger partial charge in [0.1, 0.15) is 13.3 Å². The van der Waals surface area contributed by atoms with Gasteiger partial charge in [0.15, 0.2) is 23.1 Å². The quantitative estimate of drug-likeness (QED) is 0.390. The summed E-state index contributed by atoms with van der Waals surface area (Å²) in [6, 6.07) is 4.90. The molecule has 2 aliphatic rings. The van der Waals surface area contributed by atoms with Gasteiger partial charge >= 0.3 is 0 Å². The molecule has 6 heteroatoms. The van der Waals surface area contributed by atoms with Gasteiger partial charge in [0.2, 0.25) is 11.6 Å². The summed E-state index contributed by atoms with van der Waals surface area (Å²) in [5.74, 6) is -2.85. The Morgan fingerprint density at radius 1 is 0.967 bits per heavy atom. The second-order valence-electron chi connectivity index (χ2n) is 8.27. The van der Waals surface area contributed by atoms with Gasteiger partial charge in [0, 0.05) is 17.5 Å². The van der Waals surface area contributed by atoms with Crippen LogP contribution in [0.4, 0.5) is 17.6 Å². The van der Waals surface area contributed by atoms with Crippen LogP contribution in [0.25, 0.3) is 0 Å². The van der Waals surface area contributed by atoms with Gasteiger partial charge in [-0.25, -0.2) is 8.78 Å². The van der Waals surface area contributed by atoms with E-state index in [1.807, 2.05) is 0 Å². The summed E-state index contributed by atoms with van der Waals surface area (Å²) in [5.41, 5.74) is 1.52. The molecule has 0 aromatic heterocycles. The lowest BCUT2D eigenvalue weighted by molar-refractivity contribution is 0.256. The molecule has 4 rings (SSSR count). The van der Waals surface area contributed by atoms with E-state index >= 15 is 4.39 Å². The average molecular weight is 422 g/mol. The van der Waals surface area contributed by atoms with Crippen LogP contribution in [-0.2, 0) is 6.42 Å². The summed E-state index contributed by atoms with van der Waals surface area (Å²) in [4.78, 5) is 0. The zero-order valence-corrected chi connectivity index (χ0v) is 17.1. The first-order chi connectivity index (χ1) is 14.5. The highest BCUT2D eigenvalue weighted by atomic mass is 19.2. The lowest BCUT2D eigenvalue weighted by Crippen LogP contribution is -2.16. The standard InChI is InChI=1S/C24H26F4O2/c1-2-3-14-4-6-15(7-5-14)18-9-8-16-12-17-13-19(29-11-10-25)21(27)22(28)24(17)30-23(16)20(18)26/h8-9,13-15H,2-7,10-12H2,1H3. The molecule has 2 aromatic rings. The van der Waals surface area contributed by atoms with E-state index in [9.17, 15) is 13.2 Å². The molecule has 0 bridgehead atoms. The molecule has 0 spiro atoms. The van der Waals surface area contributed by atoms with Crippen molar-refractivity contribution in [2.24, 2.45) is 5.92 Å². The van der Waals surface area contributed by atoms with Crippen molar-refractivity contribution in [2.75, 3.05) is 13.3 Å². The highest BCUT2D eigenvalue weighted by molar-refractivity contribution is 5.55. The van der Waals surface area contributed by atoms with E-state index in [4.69, 9.17) is 9.47 Å². The number of fused-ring (bicyclic) bond motifs is 2. The number of halogens is 4. The molecule has 0 saturated heterocycles. The molecule has 0 amide bonds. The summed E-state index contributed by atoms with van der Waals surface area (Å²) in [7, 11) is 0. The minimum atomic E-state index is -1.25. The van der Waals surface area contributed by atoms with Crippen molar-refractivity contribution in [3.8, 4) is 17.2 Å². The lowest BCUT2D eigenvalue weighted by atomic mass is 9.77. The van der Waals surface area contributed by atoms with Crippen molar-refractivity contribution < 1.29 is 27.0 Å². The van der Waals surface area contributed by atoms with Gasteiger partial charge in [0.25, 0.3) is 0 Å². The van der Waals surface area contributed by atoms with Crippen LogP contribution in [0.2, 0.25) is 0 Å². The third-order valence-electron chi connectivity index (χ3n) is 6.32. The fourth-order valence-corrected chi connectivity index (χ4v) is 4.78. The minimum Gasteiger partial charge on any atom is -0.488 e. The summed E-state index contributed by atoms with van der Waals surface area (Å²) >= 11 is 0. The minimum absolute atomic E-state index is 0.0218. The van der Waals surface area contributed by atoms with Crippen molar-refractivity contribution in [2.45, 2.75) is 57.8 Å². The second-order valence-corrected chi connectivity index (χ2v) is 8.27. The van der Waals surface area contributed by atoms with Crippen LogP contribution < -0.4 is 9.47 Å². The predicted octanol–water partition coefficient (Wildman–Crippen LogP) is 7.22. The molecule has 0 unspecified atom stereocenters. The first-order valence-corrected chi connectivity index (χ1v) is 10.7. The first-order valence-electron chi connectivity index (χ1n) is 10.7. The first kappa shape index (κ1) is 21.0. The van der Waals surface area contributed by atoms with E-state index in [0.29, 0.717) is 22.6 Å². The molecule has 1 aliphatic heterocycles. The zero-order valence-electron chi connectivity index (χ0n) is 17.1. The Balaban J connectivity index is 1.60. The molecule has 30 heavy (non-hydrogen) atoms. The molecule has 2 nitrogen and oxygen atoms in total. The molecule has 0 N–H and O–H groups in total. The molecule has 1 aliphatic carbocycles. The van der Waals surface area contributed by atoms with Crippen molar-refractivity contribution >= 4 is 0 Å². The van der Waals surface area contributed by atoms with Gasteiger partial charge in [0.05, 0.1) is 0 Å². The fourth-order valence-electron chi connectivity index (χ4n) is 4.78. The van der Waals surface area contributed by atoms with Crippen LogP contribution in [-0.4, -0.2) is 13.3 Å². The summed E-state index contributed by atoms with van der Waals surface area (Å²) < 4.78 is 67.0. The third kappa shape index (κ3) is 3.88. The topological polar surface area (TPSA) is 18.5 Å². The van der Waals surface area contributed by atoms with Gasteiger partial charge < -0.3 is 9.47 Å². The van der Waals surface area contributed by atoms with E-state index in [0.717, 1.165) is 25.7 Å². The number of hydrogen-bond acceptors (Lipinski definition) is 2. The molecule has 1 heterocycles. The number of rotatable bonds is 6. The molecule has 1 saturated carbocycles. The van der Waals surface area contributed by atoms with Crippen LogP contribution in [0.5, 0.6) is 17.2 Å². The van der Waals surface area contributed by atoms with Crippen molar-refractivity contribution in [1.29, 1.82) is 0 Å². The Kier molecular flexibility index (Phi) is 6.21. The largest absolute Gasteiger partial charge is 0.488 e. The van der Waals surface area contributed by atoms with Gasteiger partial charge in [-0.2, -0.15) is 8.78 Å². The van der Waals surface area contributed by atoms with Crippen molar-refractivity contribution in [1.82, 2.24) is 0 Å². The number of hydrogen-bond donors (Lipinski definition) is 0. The number of alkyl halides is 1. The fraction of sp³-hybridized carbons (Fsp3) is 0.500. The molecular weight excluding hydrogens is 396 g/mol. The predicted molar refractivity (Wildman–Crippen MR) is 107 cm³/mol. The van der Waals surface area contributed by atoms with Gasteiger partial charge in [-0.05, 0) is 49.1 Å². The van der Waals surface area contributed by atoms with Crippen LogP contribution >= 0.6 is 0 Å². The monoisotopic (exact) mass is 422 g/mol. The maximum Gasteiger partial charge on any atom is 0.205 e. The molecule has 162 valence electrons. The molecular formula is C24H26F4O2. The van der Waals surface area contributed by atoms with Crippen LogP contribution in [0.3, 0.4) is 0 Å². The van der Waals surface area contributed by atoms with Gasteiger partial charge in [-0.3, -0.25) is 0 Å². The number of benzene rings is 2. The van der Waals surface area contributed by atoms with Crippen molar-refractivity contribution in [3.63, 3.8) is 0 Å². The molecule has 1 fully saturated rings. The van der Waals surface area contributed by atoms with E-state index < -0.39 is 24.1 Å². The highest BCUT2D eigenvalue weighted by Crippen LogP contribution is 2.46. The maximum absolute atomic E-state index is 15.3. The maximum atomic E-state index is 15.3. The Morgan fingerprint density at radius 3 is 2.40 bits per heavy atom. The van der Waals surface area contributed by atoms with Crippen LogP contribution in [0, 0.1) is 23.4 Å². The highest BCUT2D eigenvalue weighted by Gasteiger charge is 2.31. The third-order valence-corrected chi connectivity index (χ3v) is 6.32. The van der Waals surface area contributed by atoms with Gasteiger partial charge in [-0.15, -0.1) is 0 Å². The Bertz CT molecular complexity index is 920. The molecule has 2 aromatic carbocycles. The summed E-state index contributed by atoms with van der Waals surface area (Å²) in [6.45, 7) is 0.999. The van der Waals surface area contributed by atoms with E-state index in [1.165, 1.54) is 18.9 Å². The Hall–Kier alpha value is -2.24. The van der Waals surface area contributed by atoms with Gasteiger partial charge in [-0.1, -0.05) is 31.9 Å². The van der Waals surface area contributed by atoms with Crippen molar-refractivity contribution in [3.05, 3.63) is 52.3 Å². The molecule has 0 radical (unpaired) electrons. The van der Waals surface area contributed by atoms with E-state index in [1.54, 1.807) is 12.1 Å². The molecule has 0 atom stereocenters. The SMILES string of the molecule is CCCC1CCC(c2ccc3c(c2F)Oc2c(cc(OCCF)c(F)c2F)C3)CC1. The smallest absolute Gasteiger partial charge is 0.205 e. The number of ether oxygens (including phenoxy) is 2. The van der Waals surface area contributed by atoms with E-state index in [-0.39, 0.29) is 36.2 Å². The van der Waals surface area contributed by atoms with Crippen LogP contribution in [0.15, 0.2) is 18.2 Å².